The Morgan fingerprint density at radius 2 is 2.15 bits per heavy atom. The average Bonchev–Trinajstić information content (AvgIpc) is 3.11. The predicted octanol–water partition coefficient (Wildman–Crippen LogP) is 1.16. The van der Waals surface area contributed by atoms with Gasteiger partial charge in [-0.15, -0.1) is 0 Å². The zero-order valence-electron chi connectivity index (χ0n) is 14.9. The molecule has 3 aromatic rings. The highest BCUT2D eigenvalue weighted by Gasteiger charge is 2.17. The first-order valence-corrected chi connectivity index (χ1v) is 8.42. The van der Waals surface area contributed by atoms with E-state index in [0.717, 1.165) is 11.1 Å². The molecule has 1 atom stereocenters. The Bertz CT molecular complexity index is 1070. The lowest BCUT2D eigenvalue weighted by Crippen LogP contribution is -2.32. The van der Waals surface area contributed by atoms with Crippen LogP contribution in [0.4, 0.5) is 0 Å². The molecule has 0 saturated heterocycles. The van der Waals surface area contributed by atoms with Crippen LogP contribution < -0.4 is 16.6 Å². The molecule has 1 aromatic carbocycles. The van der Waals surface area contributed by atoms with Crippen molar-refractivity contribution in [3.8, 4) is 11.4 Å². The maximum absolute atomic E-state index is 12.1. The minimum absolute atomic E-state index is 0.0646. The number of nitrogens with one attached hydrogen (secondary N) is 2. The molecular formula is C18H19N5O4. The summed E-state index contributed by atoms with van der Waals surface area (Å²) in [6, 6.07) is 8.46. The van der Waals surface area contributed by atoms with Crippen LogP contribution in [0.3, 0.4) is 0 Å². The van der Waals surface area contributed by atoms with Crippen LogP contribution in [0.2, 0.25) is 0 Å². The van der Waals surface area contributed by atoms with Crippen molar-refractivity contribution in [3.63, 3.8) is 0 Å². The summed E-state index contributed by atoms with van der Waals surface area (Å²) in [5.41, 5.74) is 0.886. The summed E-state index contributed by atoms with van der Waals surface area (Å²) in [5, 5.41) is 6.70. The summed E-state index contributed by atoms with van der Waals surface area (Å²) >= 11 is 0. The number of hydrogen-bond donors (Lipinski definition) is 2. The fourth-order valence-electron chi connectivity index (χ4n) is 2.53. The number of aromatic amines is 1. The average molecular weight is 369 g/mol. The normalized spacial score (nSPS) is 11.9. The Morgan fingerprint density at radius 3 is 2.89 bits per heavy atom. The fourth-order valence-corrected chi connectivity index (χ4v) is 2.53. The smallest absolute Gasteiger partial charge is 0.328 e. The van der Waals surface area contributed by atoms with E-state index >= 15 is 0 Å². The molecule has 2 heterocycles. The Kier molecular flexibility index (Phi) is 5.30. The van der Waals surface area contributed by atoms with E-state index in [1.165, 1.54) is 16.8 Å². The van der Waals surface area contributed by atoms with Crippen molar-refractivity contribution in [1.29, 1.82) is 0 Å². The van der Waals surface area contributed by atoms with E-state index < -0.39 is 17.3 Å². The summed E-state index contributed by atoms with van der Waals surface area (Å²) in [7, 11) is 0. The molecule has 0 spiro atoms. The molecule has 2 N–H and O–H groups in total. The molecule has 0 radical (unpaired) electrons. The molecule has 0 saturated carbocycles. The van der Waals surface area contributed by atoms with Crippen molar-refractivity contribution in [2.45, 2.75) is 32.9 Å². The highest BCUT2D eigenvalue weighted by atomic mass is 16.5. The number of nitrogens with zero attached hydrogens (tertiary/aromatic N) is 3. The van der Waals surface area contributed by atoms with Gasteiger partial charge in [0.25, 0.3) is 5.56 Å². The number of benzene rings is 1. The van der Waals surface area contributed by atoms with Gasteiger partial charge < -0.3 is 14.4 Å². The third-order valence-corrected chi connectivity index (χ3v) is 3.94. The molecule has 0 bridgehead atoms. The largest absolute Gasteiger partial charge is 0.345 e. The lowest BCUT2D eigenvalue weighted by Gasteiger charge is -2.10. The van der Waals surface area contributed by atoms with Crippen molar-refractivity contribution in [2.75, 3.05) is 0 Å². The predicted molar refractivity (Wildman–Crippen MR) is 97.0 cm³/mol. The van der Waals surface area contributed by atoms with Gasteiger partial charge in [-0.2, -0.15) is 4.98 Å². The summed E-state index contributed by atoms with van der Waals surface area (Å²) in [5.74, 6) is 0.464. The van der Waals surface area contributed by atoms with Gasteiger partial charge >= 0.3 is 5.69 Å². The molecule has 9 heteroatoms. The minimum Gasteiger partial charge on any atom is -0.345 e. The van der Waals surface area contributed by atoms with Crippen molar-refractivity contribution in [1.82, 2.24) is 25.0 Å². The lowest BCUT2D eigenvalue weighted by atomic mass is 10.1. The highest BCUT2D eigenvalue weighted by molar-refractivity contribution is 5.76. The van der Waals surface area contributed by atoms with E-state index in [9.17, 15) is 14.4 Å². The second kappa shape index (κ2) is 7.81. The van der Waals surface area contributed by atoms with Crippen LogP contribution in [0.15, 0.2) is 50.6 Å². The van der Waals surface area contributed by atoms with Gasteiger partial charge in [0.15, 0.2) is 0 Å². The first-order valence-electron chi connectivity index (χ1n) is 8.42. The number of H-pyrrole nitrogens is 1. The third kappa shape index (κ3) is 4.57. The van der Waals surface area contributed by atoms with Gasteiger partial charge in [-0.3, -0.25) is 14.6 Å². The van der Waals surface area contributed by atoms with Crippen LogP contribution in [0, 0.1) is 6.92 Å². The maximum atomic E-state index is 12.1. The molecule has 2 aromatic heterocycles. The van der Waals surface area contributed by atoms with Gasteiger partial charge in [0.05, 0.1) is 0 Å². The van der Waals surface area contributed by atoms with E-state index in [-0.39, 0.29) is 18.9 Å². The molecule has 1 amide bonds. The highest BCUT2D eigenvalue weighted by Crippen LogP contribution is 2.19. The SMILES string of the molecule is Cc1cccc(-c2noc(C(C)NC(=O)CCn3ccc(=O)[nH]c3=O)n2)c1. The fraction of sp³-hybridized carbons (Fsp3) is 0.278. The molecule has 0 fully saturated rings. The van der Waals surface area contributed by atoms with Crippen LogP contribution in [0.1, 0.15) is 30.8 Å². The molecule has 140 valence electrons. The maximum Gasteiger partial charge on any atom is 0.328 e. The van der Waals surface area contributed by atoms with Crippen LogP contribution in [-0.2, 0) is 11.3 Å². The topological polar surface area (TPSA) is 123 Å². The summed E-state index contributed by atoms with van der Waals surface area (Å²) in [6.45, 7) is 3.85. The monoisotopic (exact) mass is 369 g/mol. The molecule has 1 unspecified atom stereocenters. The Morgan fingerprint density at radius 1 is 1.33 bits per heavy atom. The van der Waals surface area contributed by atoms with Gasteiger partial charge in [-0.1, -0.05) is 28.9 Å². The quantitative estimate of drug-likeness (QED) is 0.672. The Hall–Kier alpha value is -3.49. The van der Waals surface area contributed by atoms with Crippen LogP contribution >= 0.6 is 0 Å². The molecule has 0 aliphatic heterocycles. The van der Waals surface area contributed by atoms with Crippen LogP contribution in [0.5, 0.6) is 0 Å². The zero-order chi connectivity index (χ0) is 19.4. The Balaban J connectivity index is 1.60. The third-order valence-electron chi connectivity index (χ3n) is 3.94. The van der Waals surface area contributed by atoms with Crippen molar-refractivity contribution in [2.24, 2.45) is 0 Å². The number of carbonyl (C=O) groups is 1. The molecule has 27 heavy (non-hydrogen) atoms. The number of amides is 1. The van der Waals surface area contributed by atoms with E-state index in [2.05, 4.69) is 20.4 Å². The summed E-state index contributed by atoms with van der Waals surface area (Å²) in [6.07, 6.45) is 1.42. The van der Waals surface area contributed by atoms with Crippen molar-refractivity contribution in [3.05, 3.63) is 68.8 Å². The number of carbonyl (C=O) groups excluding carboxylic acids is 1. The number of rotatable bonds is 6. The summed E-state index contributed by atoms with van der Waals surface area (Å²) in [4.78, 5) is 41.2. The second-order valence-corrected chi connectivity index (χ2v) is 6.17. The molecular weight excluding hydrogens is 350 g/mol. The molecule has 0 aliphatic rings. The minimum atomic E-state index is -0.553. The second-order valence-electron chi connectivity index (χ2n) is 6.17. The van der Waals surface area contributed by atoms with E-state index in [1.807, 2.05) is 31.2 Å². The number of hydrogen-bond acceptors (Lipinski definition) is 6. The van der Waals surface area contributed by atoms with E-state index in [0.29, 0.717) is 11.7 Å². The number of aryl methyl sites for hydroxylation is 2. The summed E-state index contributed by atoms with van der Waals surface area (Å²) < 4.78 is 6.50. The lowest BCUT2D eigenvalue weighted by molar-refractivity contribution is -0.122. The molecule has 3 rings (SSSR count). The Labute approximate surface area is 154 Å². The van der Waals surface area contributed by atoms with Crippen LogP contribution in [-0.4, -0.2) is 25.6 Å². The molecule has 9 nitrogen and oxygen atoms in total. The first kappa shape index (κ1) is 18.3. The van der Waals surface area contributed by atoms with Gasteiger partial charge in [-0.05, 0) is 19.9 Å². The van der Waals surface area contributed by atoms with Gasteiger partial charge in [0.1, 0.15) is 6.04 Å². The zero-order valence-corrected chi connectivity index (χ0v) is 14.9. The van der Waals surface area contributed by atoms with Crippen LogP contribution in [0.25, 0.3) is 11.4 Å². The van der Waals surface area contributed by atoms with Crippen molar-refractivity contribution >= 4 is 5.91 Å². The van der Waals surface area contributed by atoms with E-state index in [1.54, 1.807) is 6.92 Å². The first-order chi connectivity index (χ1) is 12.9. The van der Waals surface area contributed by atoms with Gasteiger partial charge in [-0.25, -0.2) is 4.79 Å². The number of aromatic nitrogens is 4. The molecule has 0 aliphatic carbocycles. The standard InChI is InChI=1S/C18H19N5O4/c1-11-4-3-5-13(10-11)16-21-17(27-22-16)12(2)19-14(24)6-8-23-9-7-15(25)20-18(23)26/h3-5,7,9-10,12H,6,8H2,1-2H3,(H,19,24)(H,20,25,26). The van der Waals surface area contributed by atoms with Gasteiger partial charge in [0, 0.05) is 30.8 Å². The van der Waals surface area contributed by atoms with Gasteiger partial charge in [0.2, 0.25) is 17.6 Å². The van der Waals surface area contributed by atoms with E-state index in [4.69, 9.17) is 4.52 Å². The van der Waals surface area contributed by atoms with Crippen molar-refractivity contribution < 1.29 is 9.32 Å².